The molecule has 6 rings (SSSR count). The number of ketones is 4. The zero-order valence-electron chi connectivity index (χ0n) is 28.5. The van der Waals surface area contributed by atoms with Crippen molar-refractivity contribution in [3.8, 4) is 11.5 Å². The Morgan fingerprint density at radius 2 is 1.62 bits per heavy atom. The van der Waals surface area contributed by atoms with Crippen molar-refractivity contribution in [2.75, 3.05) is 28.4 Å². The van der Waals surface area contributed by atoms with Crippen LogP contribution in [0.1, 0.15) is 75.4 Å². The Kier molecular flexibility index (Phi) is 8.79. The SMILES string of the molecule is COC(=O)c1c(C)cc2c(c1O)[C@]1(O)C(=O)c3cc4c(c(O)c3C(=O)[C@]1(OC)C(=NO)C2)C(=O)C=C(N[C@H]1O[C@@H](C)[C@H](OC)C(=NO)[C@H]1OC)C4=O. The standard InChI is InChI=1S/C34H33N3O15/c1-11-7-13-8-18(36-46)34(51-6)30(43)21-15(29(42)33(34,45)22(13)26(41)19(11)32(44)50-5)9-14-20(25(21)40)17(38)10-16(24(14)39)35-31-28(49-4)23(37-47)27(48-3)12(2)52-31/h7,9-10,12,27-28,31,35,40-41,45-47H,8H2,1-6H3/t12-,27-,28+,31-,33-,34+/m0/s1. The Balaban J connectivity index is 1.54. The smallest absolute Gasteiger partial charge is 0.341 e. The monoisotopic (exact) mass is 723 g/mol. The third-order valence-corrected chi connectivity index (χ3v) is 10.0. The van der Waals surface area contributed by atoms with Crippen LogP contribution < -0.4 is 5.32 Å². The largest absolute Gasteiger partial charge is 0.507 e. The fourth-order valence-corrected chi connectivity index (χ4v) is 7.76. The molecule has 274 valence electrons. The van der Waals surface area contributed by atoms with Crippen LogP contribution in [0.5, 0.6) is 11.5 Å². The van der Waals surface area contributed by atoms with Crippen molar-refractivity contribution in [2.24, 2.45) is 10.3 Å². The number of aromatic hydroxyl groups is 2. The number of hydrogen-bond donors (Lipinski definition) is 6. The summed E-state index contributed by atoms with van der Waals surface area (Å²) in [6, 6.07) is 2.14. The van der Waals surface area contributed by atoms with E-state index in [4.69, 9.17) is 23.7 Å². The van der Waals surface area contributed by atoms with Crippen LogP contribution in [-0.4, -0.2) is 125 Å². The van der Waals surface area contributed by atoms with Gasteiger partial charge in [0.05, 0.1) is 30.0 Å². The van der Waals surface area contributed by atoms with Gasteiger partial charge in [-0.3, -0.25) is 19.2 Å². The van der Waals surface area contributed by atoms with Crippen LogP contribution in [0.2, 0.25) is 0 Å². The van der Waals surface area contributed by atoms with Crippen LogP contribution in [0, 0.1) is 6.92 Å². The second-order valence-electron chi connectivity index (χ2n) is 12.5. The lowest BCUT2D eigenvalue weighted by atomic mass is 9.57. The first-order valence-corrected chi connectivity index (χ1v) is 15.6. The normalized spacial score (nSPS) is 29.6. The summed E-state index contributed by atoms with van der Waals surface area (Å²) < 4.78 is 27.0. The van der Waals surface area contributed by atoms with Gasteiger partial charge < -0.3 is 54.7 Å². The van der Waals surface area contributed by atoms with Crippen molar-refractivity contribution in [3.05, 3.63) is 68.4 Å². The molecule has 1 aliphatic heterocycles. The Labute approximate surface area is 293 Å². The molecule has 0 bridgehead atoms. The van der Waals surface area contributed by atoms with E-state index in [2.05, 4.69) is 15.6 Å². The number of phenols is 2. The third-order valence-electron chi connectivity index (χ3n) is 10.0. The van der Waals surface area contributed by atoms with E-state index in [0.717, 1.165) is 26.4 Å². The number of phenolic OH excluding ortho intramolecular Hbond substituents is 2. The summed E-state index contributed by atoms with van der Waals surface area (Å²) in [4.78, 5) is 69.6. The van der Waals surface area contributed by atoms with Crippen LogP contribution in [0.4, 0.5) is 0 Å². The van der Waals surface area contributed by atoms with Crippen LogP contribution in [0.25, 0.3) is 0 Å². The van der Waals surface area contributed by atoms with Crippen molar-refractivity contribution in [1.29, 1.82) is 0 Å². The molecule has 0 radical (unpaired) electrons. The lowest BCUT2D eigenvalue weighted by Gasteiger charge is -2.50. The number of carbonyl (C=O) groups is 5. The molecule has 0 amide bonds. The average molecular weight is 724 g/mol. The minimum Gasteiger partial charge on any atom is -0.507 e. The van der Waals surface area contributed by atoms with Gasteiger partial charge in [0.25, 0.3) is 0 Å². The lowest BCUT2D eigenvalue weighted by Crippen LogP contribution is -2.71. The molecule has 18 heteroatoms. The third kappa shape index (κ3) is 4.51. The molecular formula is C34H33N3O15. The first kappa shape index (κ1) is 36.3. The number of Topliss-reactive ketones (excluding diaryl/α,β-unsaturated/α-hetero) is 3. The molecule has 0 aromatic heterocycles. The molecule has 18 nitrogen and oxygen atoms in total. The molecule has 3 aliphatic carbocycles. The fraction of sp³-hybridized carbons (Fsp3) is 0.382. The van der Waals surface area contributed by atoms with E-state index in [0.29, 0.717) is 0 Å². The van der Waals surface area contributed by atoms with Crippen LogP contribution >= 0.6 is 0 Å². The van der Waals surface area contributed by atoms with Gasteiger partial charge in [0.15, 0.2) is 17.6 Å². The number of ether oxygens (including phenoxy) is 5. The van der Waals surface area contributed by atoms with Gasteiger partial charge in [-0.05, 0) is 31.0 Å². The number of allylic oxidation sites excluding steroid dienone is 2. The lowest BCUT2D eigenvalue weighted by molar-refractivity contribution is -0.129. The molecule has 1 fully saturated rings. The molecule has 2 aromatic rings. The van der Waals surface area contributed by atoms with Gasteiger partial charge in [-0.2, -0.15) is 0 Å². The predicted octanol–water partition coefficient (Wildman–Crippen LogP) is 0.689. The van der Waals surface area contributed by atoms with Crippen molar-refractivity contribution >= 4 is 40.5 Å². The second kappa shape index (κ2) is 12.6. The highest BCUT2D eigenvalue weighted by atomic mass is 16.6. The molecule has 6 N–H and O–H groups in total. The minimum absolute atomic E-state index is 0.00915. The molecule has 6 atom stereocenters. The summed E-state index contributed by atoms with van der Waals surface area (Å²) in [5.74, 6) is -7.86. The number of methoxy groups -OCH3 is 4. The highest BCUT2D eigenvalue weighted by molar-refractivity contribution is 6.36. The van der Waals surface area contributed by atoms with E-state index in [9.17, 15) is 49.7 Å². The summed E-state index contributed by atoms with van der Waals surface area (Å²) in [6.07, 6.45) is -3.62. The van der Waals surface area contributed by atoms with Gasteiger partial charge in [-0.1, -0.05) is 16.4 Å². The number of aliphatic hydroxyl groups is 1. The number of rotatable bonds is 6. The molecule has 0 spiro atoms. The van der Waals surface area contributed by atoms with E-state index in [1.54, 1.807) is 6.92 Å². The number of esters is 1. The number of benzene rings is 2. The van der Waals surface area contributed by atoms with E-state index in [1.165, 1.54) is 27.2 Å². The van der Waals surface area contributed by atoms with Crippen molar-refractivity contribution in [3.63, 3.8) is 0 Å². The molecule has 1 heterocycles. The average Bonchev–Trinajstić information content (AvgIpc) is 3.11. The first-order chi connectivity index (χ1) is 24.6. The highest BCUT2D eigenvalue weighted by Gasteiger charge is 2.72. The number of aryl methyl sites for hydroxylation is 1. The molecule has 52 heavy (non-hydrogen) atoms. The zero-order valence-corrected chi connectivity index (χ0v) is 28.5. The summed E-state index contributed by atoms with van der Waals surface area (Å²) in [5.41, 5.74) is -11.1. The quantitative estimate of drug-likeness (QED) is 0.136. The van der Waals surface area contributed by atoms with Crippen LogP contribution in [0.15, 0.2) is 34.2 Å². The van der Waals surface area contributed by atoms with Crippen molar-refractivity contribution in [1.82, 2.24) is 5.32 Å². The minimum atomic E-state index is -3.28. The maximum absolute atomic E-state index is 14.7. The van der Waals surface area contributed by atoms with Gasteiger partial charge in [0.2, 0.25) is 23.0 Å². The summed E-state index contributed by atoms with van der Waals surface area (Å²) in [7, 11) is 4.56. The molecule has 2 aromatic carbocycles. The van der Waals surface area contributed by atoms with Crippen molar-refractivity contribution < 1.29 is 73.4 Å². The van der Waals surface area contributed by atoms with E-state index < -0.39 is 128 Å². The Bertz CT molecular complexity index is 2090. The second-order valence-corrected chi connectivity index (χ2v) is 12.5. The number of oxime groups is 2. The maximum Gasteiger partial charge on any atom is 0.341 e. The van der Waals surface area contributed by atoms with Gasteiger partial charge in [0, 0.05) is 50.5 Å². The highest BCUT2D eigenvalue weighted by Crippen LogP contribution is 2.55. The summed E-state index contributed by atoms with van der Waals surface area (Å²) in [6.45, 7) is 3.03. The molecule has 4 aliphatic rings. The van der Waals surface area contributed by atoms with Gasteiger partial charge in [-0.15, -0.1) is 0 Å². The van der Waals surface area contributed by atoms with E-state index >= 15 is 0 Å². The Hall–Kier alpha value is -5.53. The van der Waals surface area contributed by atoms with Crippen LogP contribution in [-0.2, 0) is 35.7 Å². The Morgan fingerprint density at radius 3 is 2.19 bits per heavy atom. The predicted molar refractivity (Wildman–Crippen MR) is 173 cm³/mol. The van der Waals surface area contributed by atoms with Gasteiger partial charge >= 0.3 is 5.97 Å². The van der Waals surface area contributed by atoms with E-state index in [1.807, 2.05) is 0 Å². The fourth-order valence-electron chi connectivity index (χ4n) is 7.76. The first-order valence-electron chi connectivity index (χ1n) is 15.6. The number of nitrogens with one attached hydrogen (secondary N) is 1. The molecular weight excluding hydrogens is 690 g/mol. The molecule has 0 unspecified atom stereocenters. The molecule has 0 saturated carbocycles. The maximum atomic E-state index is 14.7. The summed E-state index contributed by atoms with van der Waals surface area (Å²) in [5, 5.41) is 64.6. The zero-order chi connectivity index (χ0) is 38.2. The molecule has 1 saturated heterocycles. The number of nitrogens with zero attached hydrogens (tertiary/aromatic N) is 2. The topological polar surface area (TPSA) is 269 Å². The van der Waals surface area contributed by atoms with Gasteiger partial charge in [0.1, 0.15) is 40.7 Å². The van der Waals surface area contributed by atoms with Crippen LogP contribution in [0.3, 0.4) is 0 Å². The summed E-state index contributed by atoms with van der Waals surface area (Å²) >= 11 is 0. The number of hydrogen-bond acceptors (Lipinski definition) is 18. The van der Waals surface area contributed by atoms with Gasteiger partial charge in [-0.25, -0.2) is 4.79 Å². The number of carbonyl (C=O) groups excluding carboxylic acids is 5. The van der Waals surface area contributed by atoms with Crippen molar-refractivity contribution in [2.45, 2.75) is 56.0 Å². The van der Waals surface area contributed by atoms with E-state index in [-0.39, 0.29) is 16.8 Å². The number of fused-ring (bicyclic) bond motifs is 5. The Morgan fingerprint density at radius 1 is 0.942 bits per heavy atom.